The van der Waals surface area contributed by atoms with Crippen LogP contribution in [0.3, 0.4) is 0 Å². The number of hydrogen-bond donors (Lipinski definition) is 0. The van der Waals surface area contributed by atoms with Gasteiger partial charge >= 0.3 is 0 Å². The zero-order valence-electron chi connectivity index (χ0n) is 13.9. The van der Waals surface area contributed by atoms with E-state index < -0.39 is 11.6 Å². The van der Waals surface area contributed by atoms with Crippen LogP contribution < -0.4 is 0 Å². The van der Waals surface area contributed by atoms with Crippen molar-refractivity contribution in [3.05, 3.63) is 35.4 Å². The van der Waals surface area contributed by atoms with E-state index >= 15 is 0 Å². The Hall–Kier alpha value is -1.53. The molecule has 0 N–H and O–H groups in total. The Morgan fingerprint density at radius 2 is 2.08 bits per heavy atom. The first-order chi connectivity index (χ1) is 11.6. The molecule has 3 rings (SSSR count). The molecule has 0 radical (unpaired) electrons. The molecule has 0 aromatic heterocycles. The molecule has 6 heteroatoms. The molecule has 0 bridgehead atoms. The Morgan fingerprint density at radius 1 is 1.33 bits per heavy atom. The zero-order chi connectivity index (χ0) is 17.2. The third kappa shape index (κ3) is 3.30. The maximum atomic E-state index is 13.3. The summed E-state index contributed by atoms with van der Waals surface area (Å²) in [4.78, 5) is 14.2. The van der Waals surface area contributed by atoms with Gasteiger partial charge in [0.1, 0.15) is 0 Å². The maximum Gasteiger partial charge on any atom is 0.253 e. The summed E-state index contributed by atoms with van der Waals surface area (Å²) >= 11 is 0. The highest BCUT2D eigenvalue weighted by Crippen LogP contribution is 2.42. The van der Waals surface area contributed by atoms with Crippen LogP contribution in [0, 0.1) is 17.6 Å². The van der Waals surface area contributed by atoms with Crippen molar-refractivity contribution in [3.8, 4) is 0 Å². The minimum atomic E-state index is -0.993. The van der Waals surface area contributed by atoms with Crippen LogP contribution in [-0.4, -0.2) is 49.8 Å². The van der Waals surface area contributed by atoms with Crippen LogP contribution in [0.25, 0.3) is 0 Å². The Bertz CT molecular complexity index is 600. The van der Waals surface area contributed by atoms with E-state index in [1.54, 1.807) is 12.0 Å². The third-order valence-electron chi connectivity index (χ3n) is 5.33. The van der Waals surface area contributed by atoms with Crippen LogP contribution in [0.1, 0.15) is 36.0 Å². The first kappa shape index (κ1) is 17.3. The van der Waals surface area contributed by atoms with Crippen LogP contribution in [0.2, 0.25) is 0 Å². The van der Waals surface area contributed by atoms with Crippen LogP contribution in [0.15, 0.2) is 18.2 Å². The molecule has 132 valence electrons. The van der Waals surface area contributed by atoms with Crippen molar-refractivity contribution in [2.24, 2.45) is 5.92 Å². The van der Waals surface area contributed by atoms with E-state index in [0.717, 1.165) is 44.4 Å². The number of carbonyl (C=O) groups excluding carboxylic acids is 1. The fourth-order valence-electron chi connectivity index (χ4n) is 3.91. The van der Waals surface area contributed by atoms with Gasteiger partial charge in [-0.3, -0.25) is 4.79 Å². The molecule has 1 atom stereocenters. The molecule has 2 saturated heterocycles. The molecule has 2 aliphatic rings. The average molecular weight is 339 g/mol. The lowest BCUT2D eigenvalue weighted by atomic mass is 9.78. The first-order valence-electron chi connectivity index (χ1n) is 8.43. The van der Waals surface area contributed by atoms with Gasteiger partial charge in [0.05, 0.1) is 5.60 Å². The maximum absolute atomic E-state index is 13.3. The van der Waals surface area contributed by atoms with Crippen molar-refractivity contribution in [3.63, 3.8) is 0 Å². The molecular formula is C18H23F2NO3. The molecule has 1 aromatic carbocycles. The highest BCUT2D eigenvalue weighted by Gasteiger charge is 2.46. The van der Waals surface area contributed by atoms with E-state index in [0.29, 0.717) is 25.6 Å². The Labute approximate surface area is 140 Å². The number of halogens is 2. The molecule has 0 saturated carbocycles. The fourth-order valence-corrected chi connectivity index (χ4v) is 3.91. The number of nitrogens with zero attached hydrogens (tertiary/aromatic N) is 1. The molecule has 2 fully saturated rings. The van der Waals surface area contributed by atoms with Crippen LogP contribution in [-0.2, 0) is 9.47 Å². The molecule has 1 amide bonds. The van der Waals surface area contributed by atoms with Gasteiger partial charge < -0.3 is 14.4 Å². The normalized spacial score (nSPS) is 23.0. The van der Waals surface area contributed by atoms with E-state index in [9.17, 15) is 13.6 Å². The second-order valence-electron chi connectivity index (χ2n) is 6.60. The van der Waals surface area contributed by atoms with E-state index in [4.69, 9.17) is 9.47 Å². The number of ether oxygens (including phenoxy) is 2. The lowest BCUT2D eigenvalue weighted by Crippen LogP contribution is -2.49. The van der Waals surface area contributed by atoms with E-state index in [1.807, 2.05) is 0 Å². The summed E-state index contributed by atoms with van der Waals surface area (Å²) in [5.74, 6) is -1.73. The van der Waals surface area contributed by atoms with Crippen LogP contribution in [0.5, 0.6) is 0 Å². The summed E-state index contributed by atoms with van der Waals surface area (Å²) in [5, 5.41) is 0. The molecule has 0 aliphatic carbocycles. The van der Waals surface area contributed by atoms with Gasteiger partial charge in [0.2, 0.25) is 0 Å². The van der Waals surface area contributed by atoms with Gasteiger partial charge in [0, 0.05) is 39.0 Å². The summed E-state index contributed by atoms with van der Waals surface area (Å²) < 4.78 is 37.6. The van der Waals surface area contributed by atoms with E-state index in [2.05, 4.69) is 0 Å². The van der Waals surface area contributed by atoms with Crippen LogP contribution >= 0.6 is 0 Å². The minimum Gasteiger partial charge on any atom is -0.385 e. The largest absolute Gasteiger partial charge is 0.385 e. The molecular weight excluding hydrogens is 316 g/mol. The average Bonchev–Trinajstić information content (AvgIpc) is 2.97. The minimum absolute atomic E-state index is 0.163. The zero-order valence-corrected chi connectivity index (χ0v) is 13.9. The van der Waals surface area contributed by atoms with E-state index in [1.165, 1.54) is 6.07 Å². The number of methoxy groups -OCH3 is 1. The molecule has 1 aromatic rings. The number of carbonyl (C=O) groups is 1. The van der Waals surface area contributed by atoms with Gasteiger partial charge in [-0.25, -0.2) is 8.78 Å². The number of likely N-dealkylation sites (tertiary alicyclic amines) is 1. The number of piperidine rings is 1. The summed E-state index contributed by atoms with van der Waals surface area (Å²) in [7, 11) is 1.70. The smallest absolute Gasteiger partial charge is 0.253 e. The SMILES string of the molecule is COCCC1CCOC12CCN(C(=O)c1ccc(F)c(F)c1)CC2. The van der Waals surface area contributed by atoms with Crippen molar-refractivity contribution < 1.29 is 23.0 Å². The van der Waals surface area contributed by atoms with Crippen molar-refractivity contribution >= 4 is 5.91 Å². The number of amides is 1. The first-order valence-corrected chi connectivity index (χ1v) is 8.43. The van der Waals surface area contributed by atoms with Gasteiger partial charge in [-0.05, 0) is 49.8 Å². The summed E-state index contributed by atoms with van der Waals surface area (Å²) in [6.07, 6.45) is 3.54. The Balaban J connectivity index is 1.64. The highest BCUT2D eigenvalue weighted by atomic mass is 19.2. The summed E-state index contributed by atoms with van der Waals surface area (Å²) in [6.45, 7) is 2.61. The van der Waals surface area contributed by atoms with Gasteiger partial charge in [-0.15, -0.1) is 0 Å². The quantitative estimate of drug-likeness (QED) is 0.846. The van der Waals surface area contributed by atoms with E-state index in [-0.39, 0.29) is 17.1 Å². The number of rotatable bonds is 4. The lowest BCUT2D eigenvalue weighted by molar-refractivity contribution is -0.0661. The molecule has 1 unspecified atom stereocenters. The predicted octanol–water partition coefficient (Wildman–Crippen LogP) is 3.01. The Kier molecular flexibility index (Phi) is 5.15. The third-order valence-corrected chi connectivity index (χ3v) is 5.33. The number of benzene rings is 1. The van der Waals surface area contributed by atoms with Gasteiger partial charge in [-0.1, -0.05) is 0 Å². The second-order valence-corrected chi connectivity index (χ2v) is 6.60. The fraction of sp³-hybridized carbons (Fsp3) is 0.611. The summed E-state index contributed by atoms with van der Waals surface area (Å²) in [5.41, 5.74) is 0.0247. The lowest BCUT2D eigenvalue weighted by Gasteiger charge is -2.42. The van der Waals surface area contributed by atoms with Gasteiger partial charge in [0.25, 0.3) is 5.91 Å². The van der Waals surface area contributed by atoms with Crippen molar-refractivity contribution in [1.82, 2.24) is 4.90 Å². The standard InChI is InChI=1S/C18H23F2NO3/c1-23-10-4-14-5-11-24-18(14)6-8-21(9-7-18)17(22)13-2-3-15(19)16(20)12-13/h2-3,12,14H,4-11H2,1H3. The second kappa shape index (κ2) is 7.15. The van der Waals surface area contributed by atoms with Crippen molar-refractivity contribution in [2.75, 3.05) is 33.4 Å². The molecule has 4 nitrogen and oxygen atoms in total. The van der Waals surface area contributed by atoms with Gasteiger partial charge in [0.15, 0.2) is 11.6 Å². The van der Waals surface area contributed by atoms with Crippen molar-refractivity contribution in [2.45, 2.75) is 31.3 Å². The summed E-state index contributed by atoms with van der Waals surface area (Å²) in [6, 6.07) is 3.29. The monoisotopic (exact) mass is 339 g/mol. The van der Waals surface area contributed by atoms with Crippen LogP contribution in [0.4, 0.5) is 8.78 Å². The molecule has 2 heterocycles. The predicted molar refractivity (Wildman–Crippen MR) is 84.8 cm³/mol. The number of hydrogen-bond acceptors (Lipinski definition) is 3. The topological polar surface area (TPSA) is 38.8 Å². The molecule has 1 spiro atoms. The molecule has 2 aliphatic heterocycles. The Morgan fingerprint density at radius 3 is 2.75 bits per heavy atom. The molecule has 24 heavy (non-hydrogen) atoms. The van der Waals surface area contributed by atoms with Gasteiger partial charge in [-0.2, -0.15) is 0 Å². The van der Waals surface area contributed by atoms with Crippen molar-refractivity contribution in [1.29, 1.82) is 0 Å². The highest BCUT2D eigenvalue weighted by molar-refractivity contribution is 5.94.